The molecular weight excluding hydrogens is 244 g/mol. The monoisotopic (exact) mass is 254 g/mol. The zero-order valence-electron chi connectivity index (χ0n) is 9.87. The van der Waals surface area contributed by atoms with E-state index in [0.29, 0.717) is 11.3 Å². The molecule has 0 atom stereocenters. The van der Waals surface area contributed by atoms with Gasteiger partial charge in [0.2, 0.25) is 0 Å². The van der Waals surface area contributed by atoms with Gasteiger partial charge in [-0.15, -0.1) is 0 Å². The van der Waals surface area contributed by atoms with Crippen molar-refractivity contribution in [3.8, 4) is 11.3 Å². The number of para-hydroxylation sites is 1. The fourth-order valence-electron chi connectivity index (χ4n) is 1.70. The molecule has 94 valence electrons. The molecule has 5 nitrogen and oxygen atoms in total. The molecule has 2 heterocycles. The summed E-state index contributed by atoms with van der Waals surface area (Å²) in [6.07, 6.45) is 4.54. The lowest BCUT2D eigenvalue weighted by Crippen LogP contribution is -2.00. The fourth-order valence-corrected chi connectivity index (χ4v) is 1.70. The molecule has 0 unspecified atom stereocenters. The Hall–Kier alpha value is -2.82. The third-order valence-corrected chi connectivity index (χ3v) is 2.64. The molecule has 0 saturated heterocycles. The van der Waals surface area contributed by atoms with E-state index in [1.165, 1.54) is 18.7 Å². The first kappa shape index (κ1) is 11.3. The summed E-state index contributed by atoms with van der Waals surface area (Å²) in [6, 6.07) is 11.1. The molecule has 0 bridgehead atoms. The predicted octanol–water partition coefficient (Wildman–Crippen LogP) is 2.98. The Morgan fingerprint density at radius 3 is 2.74 bits per heavy atom. The summed E-state index contributed by atoms with van der Waals surface area (Å²) in [7, 11) is 0. The van der Waals surface area contributed by atoms with Crippen molar-refractivity contribution in [2.45, 2.75) is 0 Å². The first-order valence-electron chi connectivity index (χ1n) is 5.68. The van der Waals surface area contributed by atoms with Crippen LogP contribution in [0.1, 0.15) is 5.56 Å². The number of aromatic amines is 1. The van der Waals surface area contributed by atoms with Crippen LogP contribution in [0.25, 0.3) is 11.3 Å². The lowest BCUT2D eigenvalue weighted by Gasteiger charge is -1.92. The summed E-state index contributed by atoms with van der Waals surface area (Å²) in [4.78, 5) is 15.9. The van der Waals surface area contributed by atoms with Crippen LogP contribution in [0.2, 0.25) is 0 Å². The Labute approximate surface area is 108 Å². The largest absolute Gasteiger partial charge is 0.472 e. The average molecular weight is 254 g/mol. The first-order chi connectivity index (χ1) is 9.34. The standard InChI is InChI=1S/C14H10N2O3/c17-14-12(8-15-11-4-2-1-3-5-11)13(16-19-14)10-6-7-18-9-10/h1-9,16H. The number of hydrogen-bond donors (Lipinski definition) is 1. The molecule has 0 fully saturated rings. The number of furan rings is 1. The van der Waals surface area contributed by atoms with Gasteiger partial charge in [-0.1, -0.05) is 18.2 Å². The van der Waals surface area contributed by atoms with Gasteiger partial charge in [-0.25, -0.2) is 9.95 Å². The molecule has 2 aromatic heterocycles. The van der Waals surface area contributed by atoms with E-state index in [-0.39, 0.29) is 0 Å². The predicted molar refractivity (Wildman–Crippen MR) is 70.7 cm³/mol. The lowest BCUT2D eigenvalue weighted by atomic mass is 10.1. The van der Waals surface area contributed by atoms with Gasteiger partial charge in [0.1, 0.15) is 5.56 Å². The van der Waals surface area contributed by atoms with Crippen molar-refractivity contribution in [3.05, 3.63) is 64.9 Å². The van der Waals surface area contributed by atoms with Gasteiger partial charge >= 0.3 is 5.63 Å². The zero-order chi connectivity index (χ0) is 13.1. The molecule has 0 spiro atoms. The van der Waals surface area contributed by atoms with Crippen molar-refractivity contribution in [2.24, 2.45) is 4.99 Å². The van der Waals surface area contributed by atoms with Gasteiger partial charge in [-0.2, -0.15) is 0 Å². The van der Waals surface area contributed by atoms with Gasteiger partial charge in [0.25, 0.3) is 0 Å². The third kappa shape index (κ3) is 2.26. The SMILES string of the molecule is O=c1o[nH]c(-c2ccoc2)c1C=Nc1ccccc1. The summed E-state index contributed by atoms with van der Waals surface area (Å²) in [5.74, 6) is 0. The molecule has 19 heavy (non-hydrogen) atoms. The number of nitrogens with one attached hydrogen (secondary N) is 1. The van der Waals surface area contributed by atoms with E-state index in [0.717, 1.165) is 11.3 Å². The van der Waals surface area contributed by atoms with Crippen LogP contribution in [0, 0.1) is 0 Å². The molecule has 3 aromatic rings. The van der Waals surface area contributed by atoms with Crippen LogP contribution in [0.5, 0.6) is 0 Å². The van der Waals surface area contributed by atoms with Crippen LogP contribution < -0.4 is 5.63 Å². The second kappa shape index (κ2) is 4.81. The third-order valence-electron chi connectivity index (χ3n) is 2.64. The maximum absolute atomic E-state index is 11.6. The normalized spacial score (nSPS) is 11.2. The van der Waals surface area contributed by atoms with Crippen molar-refractivity contribution < 1.29 is 8.94 Å². The van der Waals surface area contributed by atoms with E-state index in [2.05, 4.69) is 10.1 Å². The molecule has 0 radical (unpaired) electrons. The van der Waals surface area contributed by atoms with E-state index in [1.807, 2.05) is 30.3 Å². The molecule has 5 heteroatoms. The van der Waals surface area contributed by atoms with E-state index in [4.69, 9.17) is 8.94 Å². The number of rotatable bonds is 3. The molecule has 0 aliphatic heterocycles. The van der Waals surface area contributed by atoms with Gasteiger partial charge in [-0.05, 0) is 18.2 Å². The Balaban J connectivity index is 2.00. The number of nitrogens with zero attached hydrogens (tertiary/aromatic N) is 1. The van der Waals surface area contributed by atoms with Gasteiger partial charge in [0.15, 0.2) is 0 Å². The highest BCUT2D eigenvalue weighted by molar-refractivity contribution is 5.89. The highest BCUT2D eigenvalue weighted by atomic mass is 16.5. The molecular formula is C14H10N2O3. The van der Waals surface area contributed by atoms with Crippen LogP contribution in [-0.2, 0) is 0 Å². The summed E-state index contributed by atoms with van der Waals surface area (Å²) in [5.41, 5.74) is 1.96. The van der Waals surface area contributed by atoms with Crippen molar-refractivity contribution in [1.82, 2.24) is 5.16 Å². The van der Waals surface area contributed by atoms with Crippen LogP contribution >= 0.6 is 0 Å². The molecule has 3 rings (SSSR count). The minimum absolute atomic E-state index is 0.366. The zero-order valence-corrected chi connectivity index (χ0v) is 9.87. The number of benzene rings is 1. The Morgan fingerprint density at radius 2 is 2.00 bits per heavy atom. The van der Waals surface area contributed by atoms with Gasteiger partial charge in [0, 0.05) is 11.8 Å². The molecule has 0 saturated carbocycles. The van der Waals surface area contributed by atoms with Crippen LogP contribution in [0.3, 0.4) is 0 Å². The summed E-state index contributed by atoms with van der Waals surface area (Å²) in [5, 5.41) is 2.57. The van der Waals surface area contributed by atoms with Gasteiger partial charge in [-0.3, -0.25) is 4.99 Å². The van der Waals surface area contributed by atoms with E-state index >= 15 is 0 Å². The molecule has 1 N–H and O–H groups in total. The topological polar surface area (TPSA) is 71.5 Å². The van der Waals surface area contributed by atoms with Crippen molar-refractivity contribution in [1.29, 1.82) is 0 Å². The molecule has 0 amide bonds. The smallest absolute Gasteiger partial charge is 0.366 e. The summed E-state index contributed by atoms with van der Waals surface area (Å²) < 4.78 is 9.78. The number of aliphatic imine (C=N–C) groups is 1. The number of H-pyrrole nitrogens is 1. The molecule has 1 aromatic carbocycles. The minimum Gasteiger partial charge on any atom is -0.472 e. The van der Waals surface area contributed by atoms with E-state index in [9.17, 15) is 4.79 Å². The van der Waals surface area contributed by atoms with Crippen LogP contribution in [0.15, 0.2) is 67.7 Å². The average Bonchev–Trinajstić information content (AvgIpc) is 3.07. The second-order valence-corrected chi connectivity index (χ2v) is 3.89. The summed E-state index contributed by atoms with van der Waals surface area (Å²) >= 11 is 0. The van der Waals surface area contributed by atoms with Gasteiger partial charge < -0.3 is 8.94 Å². The molecule has 0 aliphatic rings. The Kier molecular flexibility index (Phi) is 2.86. The van der Waals surface area contributed by atoms with Crippen LogP contribution in [-0.4, -0.2) is 11.4 Å². The van der Waals surface area contributed by atoms with Crippen LogP contribution in [0.4, 0.5) is 5.69 Å². The Morgan fingerprint density at radius 1 is 1.16 bits per heavy atom. The highest BCUT2D eigenvalue weighted by Gasteiger charge is 2.12. The number of aromatic nitrogens is 1. The van der Waals surface area contributed by atoms with Crippen molar-refractivity contribution >= 4 is 11.9 Å². The first-order valence-corrected chi connectivity index (χ1v) is 5.68. The maximum Gasteiger partial charge on any atom is 0.366 e. The quantitative estimate of drug-likeness (QED) is 0.730. The van der Waals surface area contributed by atoms with Gasteiger partial charge in [0.05, 0.1) is 23.9 Å². The van der Waals surface area contributed by atoms with Crippen molar-refractivity contribution in [3.63, 3.8) is 0 Å². The number of hydrogen-bond acceptors (Lipinski definition) is 4. The van der Waals surface area contributed by atoms with E-state index < -0.39 is 5.63 Å². The maximum atomic E-state index is 11.6. The highest BCUT2D eigenvalue weighted by Crippen LogP contribution is 2.19. The van der Waals surface area contributed by atoms with Crippen molar-refractivity contribution in [2.75, 3.05) is 0 Å². The Bertz CT molecular complexity index is 737. The lowest BCUT2D eigenvalue weighted by molar-refractivity contribution is 0.393. The molecule has 0 aliphatic carbocycles. The minimum atomic E-state index is -0.462. The summed E-state index contributed by atoms with van der Waals surface area (Å²) in [6.45, 7) is 0. The van der Waals surface area contributed by atoms with E-state index in [1.54, 1.807) is 6.07 Å². The second-order valence-electron chi connectivity index (χ2n) is 3.89. The fraction of sp³-hybridized carbons (Fsp3) is 0.